The number of nitrogens with one attached hydrogen (secondary N) is 2. The molecule has 104 valence electrons. The molecule has 20 heavy (non-hydrogen) atoms. The summed E-state index contributed by atoms with van der Waals surface area (Å²) < 4.78 is 0. The fraction of sp³-hybridized carbons (Fsp3) is 0.200. The molecule has 0 fully saturated rings. The van der Waals surface area contributed by atoms with Gasteiger partial charge in [0.1, 0.15) is 0 Å². The average Bonchev–Trinajstić information content (AvgIpc) is 2.48. The number of amides is 1. The minimum atomic E-state index is -0.146. The van der Waals surface area contributed by atoms with Crippen LogP contribution in [0.1, 0.15) is 16.1 Å². The second kappa shape index (κ2) is 6.91. The van der Waals surface area contributed by atoms with E-state index in [1.807, 2.05) is 18.2 Å². The van der Waals surface area contributed by atoms with Gasteiger partial charge in [-0.05, 0) is 30.3 Å². The number of rotatable bonds is 5. The van der Waals surface area contributed by atoms with Gasteiger partial charge in [0.15, 0.2) is 0 Å². The molecule has 1 amide bonds. The van der Waals surface area contributed by atoms with Crippen LogP contribution in [-0.2, 0) is 6.42 Å². The van der Waals surface area contributed by atoms with E-state index in [-0.39, 0.29) is 5.91 Å². The van der Waals surface area contributed by atoms with Crippen LogP contribution in [0.5, 0.6) is 0 Å². The van der Waals surface area contributed by atoms with E-state index in [2.05, 4.69) is 15.6 Å². The highest BCUT2D eigenvalue weighted by molar-refractivity contribution is 6.31. The zero-order valence-corrected chi connectivity index (χ0v) is 11.9. The van der Waals surface area contributed by atoms with Gasteiger partial charge in [-0.1, -0.05) is 17.7 Å². The maximum Gasteiger partial charge on any atom is 0.253 e. The smallest absolute Gasteiger partial charge is 0.253 e. The predicted octanol–water partition coefficient (Wildman–Crippen LogP) is 2.75. The van der Waals surface area contributed by atoms with Crippen LogP contribution in [0.15, 0.2) is 42.6 Å². The van der Waals surface area contributed by atoms with Gasteiger partial charge in [-0.15, -0.1) is 0 Å². The van der Waals surface area contributed by atoms with E-state index in [1.54, 1.807) is 31.4 Å². The Morgan fingerprint density at radius 3 is 2.85 bits per heavy atom. The Kier molecular flexibility index (Phi) is 4.96. The summed E-state index contributed by atoms with van der Waals surface area (Å²) in [6.07, 6.45) is 2.44. The molecule has 2 N–H and O–H groups in total. The standard InChI is InChI=1S/C15H16ClN3O/c1-17-14-6-5-11(16)10-13(14)15(20)19-9-7-12-4-2-3-8-18-12/h2-6,8,10,17H,7,9H2,1H3,(H,19,20). The largest absolute Gasteiger partial charge is 0.387 e. The first-order chi connectivity index (χ1) is 9.70. The SMILES string of the molecule is CNc1ccc(Cl)cc1C(=O)NCCc1ccccn1. The van der Waals surface area contributed by atoms with E-state index in [0.29, 0.717) is 23.6 Å². The number of benzene rings is 1. The number of halogens is 1. The van der Waals surface area contributed by atoms with Crippen molar-refractivity contribution in [2.24, 2.45) is 0 Å². The van der Waals surface area contributed by atoms with Gasteiger partial charge in [0.05, 0.1) is 5.56 Å². The van der Waals surface area contributed by atoms with Crippen LogP contribution in [0, 0.1) is 0 Å². The molecule has 0 unspecified atom stereocenters. The number of hydrogen-bond donors (Lipinski definition) is 2. The van der Waals surface area contributed by atoms with Gasteiger partial charge in [-0.25, -0.2) is 0 Å². The monoisotopic (exact) mass is 289 g/mol. The molecule has 0 aliphatic carbocycles. The molecule has 1 aromatic heterocycles. The molecule has 1 heterocycles. The van der Waals surface area contributed by atoms with Crippen molar-refractivity contribution in [3.05, 3.63) is 58.9 Å². The quantitative estimate of drug-likeness (QED) is 0.890. The Labute approximate surface area is 123 Å². The Bertz CT molecular complexity index is 587. The Morgan fingerprint density at radius 2 is 2.15 bits per heavy atom. The number of hydrogen-bond acceptors (Lipinski definition) is 3. The molecule has 0 bridgehead atoms. The Morgan fingerprint density at radius 1 is 1.30 bits per heavy atom. The third-order valence-electron chi connectivity index (χ3n) is 2.89. The summed E-state index contributed by atoms with van der Waals surface area (Å²) in [5.41, 5.74) is 2.25. The van der Waals surface area contributed by atoms with Gasteiger partial charge in [-0.2, -0.15) is 0 Å². The van der Waals surface area contributed by atoms with Crippen LogP contribution < -0.4 is 10.6 Å². The minimum Gasteiger partial charge on any atom is -0.387 e. The Hall–Kier alpha value is -2.07. The van der Waals surface area contributed by atoms with Crippen LogP contribution in [0.2, 0.25) is 5.02 Å². The zero-order chi connectivity index (χ0) is 14.4. The van der Waals surface area contributed by atoms with E-state index < -0.39 is 0 Å². The van der Waals surface area contributed by atoms with Crippen molar-refractivity contribution in [3.8, 4) is 0 Å². The Balaban J connectivity index is 1.97. The number of pyridine rings is 1. The second-order valence-corrected chi connectivity index (χ2v) is 4.70. The number of anilines is 1. The minimum absolute atomic E-state index is 0.146. The van der Waals surface area contributed by atoms with Gasteiger partial charge >= 0.3 is 0 Å². The molecular weight excluding hydrogens is 274 g/mol. The molecule has 0 saturated carbocycles. The van der Waals surface area contributed by atoms with Crippen LogP contribution in [0.3, 0.4) is 0 Å². The third kappa shape index (κ3) is 3.71. The molecule has 0 radical (unpaired) electrons. The van der Waals surface area contributed by atoms with Crippen molar-refractivity contribution in [3.63, 3.8) is 0 Å². The predicted molar refractivity (Wildman–Crippen MR) is 81.3 cm³/mol. The van der Waals surface area contributed by atoms with Crippen LogP contribution in [0.4, 0.5) is 5.69 Å². The lowest BCUT2D eigenvalue weighted by Crippen LogP contribution is -2.26. The fourth-order valence-electron chi connectivity index (χ4n) is 1.87. The van der Waals surface area contributed by atoms with Crippen molar-refractivity contribution >= 4 is 23.2 Å². The number of carbonyl (C=O) groups excluding carboxylic acids is 1. The van der Waals surface area contributed by atoms with E-state index >= 15 is 0 Å². The summed E-state index contributed by atoms with van der Waals surface area (Å²) in [4.78, 5) is 16.3. The van der Waals surface area contributed by atoms with Crippen molar-refractivity contribution in [2.45, 2.75) is 6.42 Å². The molecule has 0 saturated heterocycles. The van der Waals surface area contributed by atoms with Crippen molar-refractivity contribution in [1.82, 2.24) is 10.3 Å². The average molecular weight is 290 g/mol. The summed E-state index contributed by atoms with van der Waals surface area (Å²) in [6.45, 7) is 0.533. The first-order valence-electron chi connectivity index (χ1n) is 6.36. The van der Waals surface area contributed by atoms with Crippen LogP contribution in [0.25, 0.3) is 0 Å². The summed E-state index contributed by atoms with van der Waals surface area (Å²) >= 11 is 5.93. The maximum absolute atomic E-state index is 12.1. The van der Waals surface area contributed by atoms with E-state index in [4.69, 9.17) is 11.6 Å². The summed E-state index contributed by atoms with van der Waals surface area (Å²) in [5.74, 6) is -0.146. The lowest BCUT2D eigenvalue weighted by molar-refractivity contribution is 0.0955. The number of carbonyl (C=O) groups is 1. The van der Waals surface area contributed by atoms with Gasteiger partial charge in [0, 0.05) is 42.6 Å². The van der Waals surface area contributed by atoms with Gasteiger partial charge in [0.25, 0.3) is 5.91 Å². The molecule has 0 aliphatic heterocycles. The molecule has 1 aromatic carbocycles. The molecule has 4 nitrogen and oxygen atoms in total. The molecule has 2 rings (SSSR count). The summed E-state index contributed by atoms with van der Waals surface area (Å²) in [7, 11) is 1.77. The molecule has 2 aromatic rings. The number of aromatic nitrogens is 1. The van der Waals surface area contributed by atoms with Crippen LogP contribution in [-0.4, -0.2) is 24.5 Å². The van der Waals surface area contributed by atoms with Crippen molar-refractivity contribution in [1.29, 1.82) is 0 Å². The first-order valence-corrected chi connectivity index (χ1v) is 6.74. The van der Waals surface area contributed by atoms with Crippen molar-refractivity contribution < 1.29 is 4.79 Å². The second-order valence-electron chi connectivity index (χ2n) is 4.27. The fourth-order valence-corrected chi connectivity index (χ4v) is 2.04. The van der Waals surface area contributed by atoms with E-state index in [9.17, 15) is 4.79 Å². The highest BCUT2D eigenvalue weighted by atomic mass is 35.5. The lowest BCUT2D eigenvalue weighted by atomic mass is 10.1. The number of nitrogens with zero attached hydrogens (tertiary/aromatic N) is 1. The van der Waals surface area contributed by atoms with Crippen LogP contribution >= 0.6 is 11.6 Å². The summed E-state index contributed by atoms with van der Waals surface area (Å²) in [5, 5.41) is 6.39. The van der Waals surface area contributed by atoms with Gasteiger partial charge < -0.3 is 10.6 Å². The topological polar surface area (TPSA) is 54.0 Å². The molecule has 0 spiro atoms. The van der Waals surface area contributed by atoms with Crippen molar-refractivity contribution in [2.75, 3.05) is 18.9 Å². The molecule has 0 aliphatic rings. The van der Waals surface area contributed by atoms with Gasteiger partial charge in [-0.3, -0.25) is 9.78 Å². The van der Waals surface area contributed by atoms with E-state index in [0.717, 1.165) is 11.4 Å². The van der Waals surface area contributed by atoms with Gasteiger partial charge in [0.2, 0.25) is 0 Å². The molecule has 0 atom stereocenters. The highest BCUT2D eigenvalue weighted by Gasteiger charge is 2.10. The molecular formula is C15H16ClN3O. The molecule has 5 heteroatoms. The third-order valence-corrected chi connectivity index (χ3v) is 3.12. The first kappa shape index (κ1) is 14.3. The van der Waals surface area contributed by atoms with E-state index in [1.165, 1.54) is 0 Å². The maximum atomic E-state index is 12.1. The highest BCUT2D eigenvalue weighted by Crippen LogP contribution is 2.20. The normalized spacial score (nSPS) is 10.1. The zero-order valence-electron chi connectivity index (χ0n) is 11.2. The lowest BCUT2D eigenvalue weighted by Gasteiger charge is -2.10. The summed E-state index contributed by atoms with van der Waals surface area (Å²) in [6, 6.07) is 10.9.